The van der Waals surface area contributed by atoms with Gasteiger partial charge in [0.1, 0.15) is 11.2 Å². The van der Waals surface area contributed by atoms with Crippen LogP contribution in [-0.2, 0) is 9.53 Å². The third kappa shape index (κ3) is 1.69. The molecule has 0 amide bonds. The van der Waals surface area contributed by atoms with E-state index >= 15 is 0 Å². The van der Waals surface area contributed by atoms with Crippen LogP contribution < -0.4 is 0 Å². The number of hydrogen-bond donors (Lipinski definition) is 2. The lowest BCUT2D eigenvalue weighted by Gasteiger charge is -2.68. The third-order valence-electron chi connectivity index (χ3n) is 5.69. The highest BCUT2D eigenvalue weighted by atomic mass is 16.6. The number of aliphatic hydroxyl groups is 2. The van der Waals surface area contributed by atoms with E-state index in [1.165, 1.54) is 6.92 Å². The van der Waals surface area contributed by atoms with Crippen LogP contribution >= 0.6 is 0 Å². The lowest BCUT2D eigenvalue weighted by atomic mass is 9.43. The van der Waals surface area contributed by atoms with E-state index in [-0.39, 0.29) is 17.8 Å². The van der Waals surface area contributed by atoms with E-state index in [0.717, 1.165) is 44.9 Å². The summed E-state index contributed by atoms with van der Waals surface area (Å²) in [6, 6.07) is 0. The van der Waals surface area contributed by atoms with E-state index in [0.29, 0.717) is 6.42 Å². The fourth-order valence-corrected chi connectivity index (χ4v) is 5.07. The van der Waals surface area contributed by atoms with Crippen molar-refractivity contribution < 1.29 is 19.7 Å². The van der Waals surface area contributed by atoms with Gasteiger partial charge in [-0.2, -0.15) is 0 Å². The van der Waals surface area contributed by atoms with Crippen LogP contribution in [0, 0.1) is 11.8 Å². The Balaban J connectivity index is 1.96. The zero-order chi connectivity index (χ0) is 13.7. The molecular weight excluding hydrogens is 244 g/mol. The summed E-state index contributed by atoms with van der Waals surface area (Å²) in [4.78, 5) is 11.5. The van der Waals surface area contributed by atoms with Gasteiger partial charge in [-0.15, -0.1) is 0 Å². The molecule has 19 heavy (non-hydrogen) atoms. The van der Waals surface area contributed by atoms with E-state index in [1.54, 1.807) is 0 Å². The molecule has 4 nitrogen and oxygen atoms in total. The van der Waals surface area contributed by atoms with Crippen molar-refractivity contribution >= 4 is 5.97 Å². The quantitative estimate of drug-likeness (QED) is 0.711. The summed E-state index contributed by atoms with van der Waals surface area (Å²) in [6.45, 7) is 1.45. The minimum absolute atomic E-state index is 0.0734. The molecule has 0 bridgehead atoms. The van der Waals surface area contributed by atoms with E-state index in [2.05, 4.69) is 0 Å². The SMILES string of the molecule is CC(=O)O[C@]12CCCCC[C@H]1[C@]1(O)[C@@H]2CCC[C@@H]1O. The maximum Gasteiger partial charge on any atom is 0.303 e. The summed E-state index contributed by atoms with van der Waals surface area (Å²) in [6.07, 6.45) is 6.70. The number of esters is 1. The Morgan fingerprint density at radius 3 is 2.47 bits per heavy atom. The summed E-state index contributed by atoms with van der Waals surface area (Å²) < 4.78 is 5.73. The molecule has 0 aromatic rings. The van der Waals surface area contributed by atoms with E-state index in [4.69, 9.17) is 4.74 Å². The van der Waals surface area contributed by atoms with E-state index in [9.17, 15) is 15.0 Å². The number of ether oxygens (including phenoxy) is 1. The zero-order valence-corrected chi connectivity index (χ0v) is 11.6. The van der Waals surface area contributed by atoms with Crippen molar-refractivity contribution in [1.29, 1.82) is 0 Å². The van der Waals surface area contributed by atoms with Crippen molar-refractivity contribution in [1.82, 2.24) is 0 Å². The van der Waals surface area contributed by atoms with Crippen LogP contribution in [0.3, 0.4) is 0 Å². The Morgan fingerprint density at radius 2 is 1.79 bits per heavy atom. The predicted molar refractivity (Wildman–Crippen MR) is 69.4 cm³/mol. The Kier molecular flexibility index (Phi) is 3.13. The van der Waals surface area contributed by atoms with Gasteiger partial charge in [-0.1, -0.05) is 19.3 Å². The van der Waals surface area contributed by atoms with Gasteiger partial charge in [0, 0.05) is 18.8 Å². The van der Waals surface area contributed by atoms with Crippen LogP contribution in [0.4, 0.5) is 0 Å². The Labute approximate surface area is 114 Å². The van der Waals surface area contributed by atoms with Crippen LogP contribution in [0.1, 0.15) is 58.3 Å². The smallest absolute Gasteiger partial charge is 0.303 e. The second-order valence-corrected chi connectivity index (χ2v) is 6.59. The van der Waals surface area contributed by atoms with Crippen molar-refractivity contribution in [2.75, 3.05) is 0 Å². The maximum absolute atomic E-state index is 11.5. The Hall–Kier alpha value is -0.610. The molecule has 3 rings (SSSR count). The highest BCUT2D eigenvalue weighted by Gasteiger charge is 2.74. The van der Waals surface area contributed by atoms with Crippen molar-refractivity contribution in [2.45, 2.75) is 75.6 Å². The molecule has 3 aliphatic rings. The summed E-state index contributed by atoms with van der Waals surface area (Å²) in [5, 5.41) is 21.2. The molecule has 0 aromatic heterocycles. The van der Waals surface area contributed by atoms with Crippen molar-refractivity contribution in [3.05, 3.63) is 0 Å². The fraction of sp³-hybridized carbons (Fsp3) is 0.933. The summed E-state index contributed by atoms with van der Waals surface area (Å²) >= 11 is 0. The molecule has 108 valence electrons. The standard InChI is InChI=1S/C15H24O4/c1-10(16)19-14-9-4-2-3-6-11(14)15(18)12(14)7-5-8-13(15)17/h11-13,17-18H,2-9H2,1H3/t11-,12-,13+,14-,15+/m1/s1. The van der Waals surface area contributed by atoms with Crippen LogP contribution in [0.15, 0.2) is 0 Å². The molecule has 4 heteroatoms. The van der Waals surface area contributed by atoms with Crippen LogP contribution in [0.2, 0.25) is 0 Å². The first-order chi connectivity index (χ1) is 9.02. The van der Waals surface area contributed by atoms with Gasteiger partial charge in [0.2, 0.25) is 0 Å². The third-order valence-corrected chi connectivity index (χ3v) is 5.69. The molecule has 0 aromatic carbocycles. The van der Waals surface area contributed by atoms with E-state index in [1.807, 2.05) is 0 Å². The molecule has 2 N–H and O–H groups in total. The highest BCUT2D eigenvalue weighted by molar-refractivity contribution is 5.67. The Morgan fingerprint density at radius 1 is 1.11 bits per heavy atom. The first-order valence-corrected chi connectivity index (χ1v) is 7.62. The molecule has 0 aliphatic heterocycles. The van der Waals surface area contributed by atoms with Gasteiger partial charge in [-0.25, -0.2) is 0 Å². The Bertz CT molecular complexity index is 382. The predicted octanol–water partition coefficient (Wildman–Crippen LogP) is 1.77. The number of aliphatic hydroxyl groups excluding tert-OH is 1. The van der Waals surface area contributed by atoms with Crippen LogP contribution in [-0.4, -0.2) is 33.5 Å². The minimum Gasteiger partial charge on any atom is -0.458 e. The zero-order valence-electron chi connectivity index (χ0n) is 11.6. The molecule has 3 saturated carbocycles. The number of rotatable bonds is 1. The lowest BCUT2D eigenvalue weighted by molar-refractivity contribution is -0.337. The van der Waals surface area contributed by atoms with Gasteiger partial charge in [0.05, 0.1) is 6.10 Å². The van der Waals surface area contributed by atoms with Crippen molar-refractivity contribution in [2.24, 2.45) is 11.8 Å². The molecule has 0 unspecified atom stereocenters. The van der Waals surface area contributed by atoms with Gasteiger partial charge in [-0.3, -0.25) is 4.79 Å². The van der Waals surface area contributed by atoms with Gasteiger partial charge >= 0.3 is 5.97 Å². The van der Waals surface area contributed by atoms with Crippen LogP contribution in [0.25, 0.3) is 0 Å². The van der Waals surface area contributed by atoms with Gasteiger partial charge in [-0.05, 0) is 32.1 Å². The van der Waals surface area contributed by atoms with Gasteiger partial charge < -0.3 is 14.9 Å². The second-order valence-electron chi connectivity index (χ2n) is 6.59. The first-order valence-electron chi connectivity index (χ1n) is 7.62. The molecule has 3 aliphatic carbocycles. The second kappa shape index (κ2) is 4.45. The van der Waals surface area contributed by atoms with Crippen molar-refractivity contribution in [3.8, 4) is 0 Å². The average molecular weight is 268 g/mol. The lowest BCUT2D eigenvalue weighted by Crippen LogP contribution is -2.79. The molecule has 0 spiro atoms. The number of carbonyl (C=O) groups excluding carboxylic acids is 1. The molecular formula is C15H24O4. The topological polar surface area (TPSA) is 66.8 Å². The van der Waals surface area contributed by atoms with Gasteiger partial charge in [0.15, 0.2) is 0 Å². The van der Waals surface area contributed by atoms with E-state index < -0.39 is 17.3 Å². The maximum atomic E-state index is 11.5. The molecule has 5 atom stereocenters. The normalized spacial score (nSPS) is 49.3. The average Bonchev–Trinajstić information content (AvgIpc) is 2.53. The summed E-state index contributed by atoms with van der Waals surface area (Å²) in [5.41, 5.74) is -1.52. The molecule has 0 radical (unpaired) electrons. The number of hydrogen-bond acceptors (Lipinski definition) is 4. The molecule has 3 fully saturated rings. The fourth-order valence-electron chi connectivity index (χ4n) is 5.07. The van der Waals surface area contributed by atoms with Crippen LogP contribution in [0.5, 0.6) is 0 Å². The monoisotopic (exact) mass is 268 g/mol. The minimum atomic E-state index is -1.02. The largest absolute Gasteiger partial charge is 0.458 e. The summed E-state index contributed by atoms with van der Waals surface area (Å²) in [7, 11) is 0. The molecule has 0 heterocycles. The summed E-state index contributed by atoms with van der Waals surface area (Å²) in [5.74, 6) is -0.406. The number of fused-ring (bicyclic) bond motifs is 4. The number of carbonyl (C=O) groups is 1. The van der Waals surface area contributed by atoms with Crippen molar-refractivity contribution in [3.63, 3.8) is 0 Å². The molecule has 0 saturated heterocycles. The van der Waals surface area contributed by atoms with Gasteiger partial charge in [0.25, 0.3) is 0 Å². The highest BCUT2D eigenvalue weighted by Crippen LogP contribution is 2.64. The first kappa shape index (κ1) is 13.4.